The molecule has 0 bridgehead atoms. The maximum Gasteiger partial charge on any atom is 0.261 e. The Hall–Kier alpha value is -1.11. The lowest BCUT2D eigenvalue weighted by molar-refractivity contribution is -0.125. The third-order valence-corrected chi connectivity index (χ3v) is 4.26. The van der Waals surface area contributed by atoms with Gasteiger partial charge in [-0.1, -0.05) is 6.07 Å². The Bertz CT molecular complexity index is 585. The van der Waals surface area contributed by atoms with Crippen molar-refractivity contribution in [1.82, 2.24) is 0 Å². The summed E-state index contributed by atoms with van der Waals surface area (Å²) in [6.45, 7) is 2.49. The Morgan fingerprint density at radius 3 is 2.72 bits per heavy atom. The normalized spacial score (nSPS) is 17.0. The van der Waals surface area contributed by atoms with Gasteiger partial charge in [0.2, 0.25) is 0 Å². The average molecular weight is 290 g/mol. The van der Waals surface area contributed by atoms with Gasteiger partial charge < -0.3 is 9.64 Å². The van der Waals surface area contributed by atoms with Crippen molar-refractivity contribution in [2.24, 2.45) is 0 Å². The van der Waals surface area contributed by atoms with Crippen LogP contribution in [0.5, 0.6) is 0 Å². The number of hydrogen-bond donors (Lipinski definition) is 0. The van der Waals surface area contributed by atoms with E-state index >= 15 is 0 Å². The molecule has 1 aliphatic heterocycles. The summed E-state index contributed by atoms with van der Waals surface area (Å²) in [6, 6.07) is 4.69. The van der Waals surface area contributed by atoms with E-state index < -0.39 is 9.05 Å². The number of morpholine rings is 1. The van der Waals surface area contributed by atoms with E-state index in [9.17, 15) is 13.2 Å². The second kappa shape index (κ2) is 4.87. The first-order chi connectivity index (χ1) is 8.41. The first-order valence-corrected chi connectivity index (χ1v) is 7.64. The second-order valence-electron chi connectivity index (χ2n) is 3.94. The molecule has 1 aromatic carbocycles. The van der Waals surface area contributed by atoms with Gasteiger partial charge in [-0.15, -0.1) is 0 Å². The van der Waals surface area contributed by atoms with Gasteiger partial charge in [-0.3, -0.25) is 4.79 Å². The molecule has 5 nitrogen and oxygen atoms in total. The molecular formula is C11H12ClNO4S. The number of carbonyl (C=O) groups is 1. The molecule has 1 fully saturated rings. The molecule has 1 aliphatic rings. The van der Waals surface area contributed by atoms with E-state index in [1.54, 1.807) is 19.1 Å². The van der Waals surface area contributed by atoms with Crippen LogP contribution >= 0.6 is 10.7 Å². The van der Waals surface area contributed by atoms with Gasteiger partial charge in [0.15, 0.2) is 0 Å². The Kier molecular flexibility index (Phi) is 3.61. The van der Waals surface area contributed by atoms with Gasteiger partial charge in [0.25, 0.3) is 15.0 Å². The highest BCUT2D eigenvalue weighted by Gasteiger charge is 2.24. The molecule has 0 aliphatic carbocycles. The van der Waals surface area contributed by atoms with E-state index in [-0.39, 0.29) is 17.4 Å². The number of anilines is 1. The van der Waals surface area contributed by atoms with E-state index in [0.29, 0.717) is 24.4 Å². The largest absolute Gasteiger partial charge is 0.370 e. The van der Waals surface area contributed by atoms with Crippen LogP contribution in [-0.2, 0) is 18.6 Å². The number of ether oxygens (including phenoxy) is 1. The number of rotatable bonds is 2. The standard InChI is InChI=1S/C11H12ClNO4S/c1-8-9(13-5-6-17-7-11(13)14)3-2-4-10(8)18(12,15)16/h2-4H,5-7H2,1H3. The Balaban J connectivity index is 2.49. The minimum absolute atomic E-state index is 0.0112. The van der Waals surface area contributed by atoms with Crippen molar-refractivity contribution in [2.75, 3.05) is 24.7 Å². The van der Waals surface area contributed by atoms with Crippen molar-refractivity contribution in [2.45, 2.75) is 11.8 Å². The number of carbonyl (C=O) groups excluding carboxylic acids is 1. The molecule has 7 heteroatoms. The van der Waals surface area contributed by atoms with E-state index in [2.05, 4.69) is 0 Å². The van der Waals surface area contributed by atoms with Crippen molar-refractivity contribution in [1.29, 1.82) is 0 Å². The summed E-state index contributed by atoms with van der Waals surface area (Å²) in [7, 11) is 1.55. The maximum atomic E-state index is 11.7. The molecule has 0 saturated carbocycles. The van der Waals surface area contributed by atoms with E-state index in [1.807, 2.05) is 0 Å². The molecule has 98 valence electrons. The summed E-state index contributed by atoms with van der Waals surface area (Å²) < 4.78 is 27.9. The first-order valence-electron chi connectivity index (χ1n) is 5.33. The molecule has 2 rings (SSSR count). The van der Waals surface area contributed by atoms with Crippen LogP contribution in [0.25, 0.3) is 0 Å². The predicted octanol–water partition coefficient (Wildman–Crippen LogP) is 1.29. The van der Waals surface area contributed by atoms with Gasteiger partial charge in [0.1, 0.15) is 6.61 Å². The van der Waals surface area contributed by atoms with Crippen LogP contribution in [-0.4, -0.2) is 34.1 Å². The zero-order valence-corrected chi connectivity index (χ0v) is 11.3. The predicted molar refractivity (Wildman–Crippen MR) is 67.4 cm³/mol. The first kappa shape index (κ1) is 13.3. The van der Waals surface area contributed by atoms with Gasteiger partial charge in [-0.05, 0) is 24.6 Å². The van der Waals surface area contributed by atoms with Crippen LogP contribution in [0.1, 0.15) is 5.56 Å². The van der Waals surface area contributed by atoms with Crippen LogP contribution in [0.4, 0.5) is 5.69 Å². The highest BCUT2D eigenvalue weighted by atomic mass is 35.7. The van der Waals surface area contributed by atoms with E-state index in [1.165, 1.54) is 11.0 Å². The van der Waals surface area contributed by atoms with Crippen molar-refractivity contribution in [3.05, 3.63) is 23.8 Å². The zero-order chi connectivity index (χ0) is 13.3. The number of halogens is 1. The molecule has 1 amide bonds. The molecule has 1 heterocycles. The van der Waals surface area contributed by atoms with Gasteiger partial charge in [0, 0.05) is 22.9 Å². The van der Waals surface area contributed by atoms with E-state index in [0.717, 1.165) is 0 Å². The molecule has 0 radical (unpaired) electrons. The molecular weight excluding hydrogens is 278 g/mol. The molecule has 1 aromatic rings. The Labute approximate surface area is 110 Å². The molecule has 0 atom stereocenters. The summed E-state index contributed by atoms with van der Waals surface area (Å²) in [4.78, 5) is 13.3. The Morgan fingerprint density at radius 1 is 1.39 bits per heavy atom. The highest BCUT2D eigenvalue weighted by molar-refractivity contribution is 8.13. The van der Waals surface area contributed by atoms with Crippen LogP contribution in [0.15, 0.2) is 23.1 Å². The number of nitrogens with zero attached hydrogens (tertiary/aromatic N) is 1. The van der Waals surface area contributed by atoms with Gasteiger partial charge >= 0.3 is 0 Å². The third kappa shape index (κ3) is 2.50. The van der Waals surface area contributed by atoms with Crippen LogP contribution in [0.3, 0.4) is 0 Å². The molecule has 0 aromatic heterocycles. The van der Waals surface area contributed by atoms with Crippen LogP contribution in [0.2, 0.25) is 0 Å². The SMILES string of the molecule is Cc1c(N2CCOCC2=O)cccc1S(=O)(=O)Cl. The third-order valence-electron chi connectivity index (χ3n) is 2.79. The molecule has 1 saturated heterocycles. The lowest BCUT2D eigenvalue weighted by Gasteiger charge is -2.28. The van der Waals surface area contributed by atoms with Crippen LogP contribution in [0, 0.1) is 6.92 Å². The quantitative estimate of drug-likeness (QED) is 0.770. The molecule has 0 spiro atoms. The van der Waals surface area contributed by atoms with Crippen LogP contribution < -0.4 is 4.90 Å². The van der Waals surface area contributed by atoms with Crippen molar-refractivity contribution in [3.63, 3.8) is 0 Å². The van der Waals surface area contributed by atoms with Crippen molar-refractivity contribution in [3.8, 4) is 0 Å². The maximum absolute atomic E-state index is 11.7. The minimum atomic E-state index is -3.81. The number of hydrogen-bond acceptors (Lipinski definition) is 4. The molecule has 0 N–H and O–H groups in total. The summed E-state index contributed by atoms with van der Waals surface area (Å²) in [5.74, 6) is -0.187. The van der Waals surface area contributed by atoms with Gasteiger partial charge in [-0.2, -0.15) is 0 Å². The highest BCUT2D eigenvalue weighted by Crippen LogP contribution is 2.29. The summed E-state index contributed by atoms with van der Waals surface area (Å²) in [6.07, 6.45) is 0. The van der Waals surface area contributed by atoms with E-state index in [4.69, 9.17) is 15.4 Å². The topological polar surface area (TPSA) is 63.7 Å². The monoisotopic (exact) mass is 289 g/mol. The van der Waals surface area contributed by atoms with Gasteiger partial charge in [0.05, 0.1) is 11.5 Å². The Morgan fingerprint density at radius 2 is 2.11 bits per heavy atom. The fraction of sp³-hybridized carbons (Fsp3) is 0.364. The van der Waals surface area contributed by atoms with Crippen molar-refractivity contribution < 1.29 is 17.9 Å². The lowest BCUT2D eigenvalue weighted by Crippen LogP contribution is -2.42. The lowest BCUT2D eigenvalue weighted by atomic mass is 10.1. The van der Waals surface area contributed by atoms with Gasteiger partial charge in [-0.25, -0.2) is 8.42 Å². The fourth-order valence-corrected chi connectivity index (χ4v) is 3.15. The smallest absolute Gasteiger partial charge is 0.261 e. The fourth-order valence-electron chi connectivity index (χ4n) is 1.93. The summed E-state index contributed by atoms with van der Waals surface area (Å²) in [5, 5.41) is 0. The second-order valence-corrected chi connectivity index (χ2v) is 6.47. The minimum Gasteiger partial charge on any atom is -0.370 e. The average Bonchev–Trinajstić information content (AvgIpc) is 2.29. The zero-order valence-electron chi connectivity index (χ0n) is 9.72. The molecule has 0 unspecified atom stereocenters. The number of amides is 1. The number of benzene rings is 1. The summed E-state index contributed by atoms with van der Waals surface area (Å²) >= 11 is 0. The molecule has 18 heavy (non-hydrogen) atoms. The summed E-state index contributed by atoms with van der Waals surface area (Å²) in [5.41, 5.74) is 1.03. The van der Waals surface area contributed by atoms with Crippen molar-refractivity contribution >= 4 is 31.3 Å².